The molecule has 104 valence electrons. The molecule has 0 saturated carbocycles. The molecule has 3 N–H and O–H groups in total. The third-order valence-electron chi connectivity index (χ3n) is 3.51. The van der Waals surface area contributed by atoms with Gasteiger partial charge in [-0.1, -0.05) is 30.3 Å². The molecular formula is C15H23N3O. The van der Waals surface area contributed by atoms with Crippen LogP contribution in [-0.2, 0) is 4.74 Å². The topological polar surface area (TPSA) is 62.3 Å². The summed E-state index contributed by atoms with van der Waals surface area (Å²) in [4.78, 5) is 2.35. The van der Waals surface area contributed by atoms with Gasteiger partial charge in [0.15, 0.2) is 0 Å². The number of ether oxygens (including phenoxy) is 1. The lowest BCUT2D eigenvalue weighted by Crippen LogP contribution is -2.48. The fourth-order valence-electron chi connectivity index (χ4n) is 2.76. The van der Waals surface area contributed by atoms with Gasteiger partial charge >= 0.3 is 0 Å². The maximum atomic E-state index is 7.83. The summed E-state index contributed by atoms with van der Waals surface area (Å²) in [5, 5.41) is 7.83. The standard InChI is InChI=1S/C15H23N3O/c1-11-8-18(9-12(2)19-11)10-14(15(16)17)13-6-4-3-5-7-13/h3-7,11-12,14H,8-10H2,1-2H3,(H3,16,17)/t11-,12+,14?. The molecule has 1 aromatic carbocycles. The summed E-state index contributed by atoms with van der Waals surface area (Å²) in [6.45, 7) is 6.78. The summed E-state index contributed by atoms with van der Waals surface area (Å²) < 4.78 is 5.74. The minimum absolute atomic E-state index is 0.0290. The molecule has 1 aliphatic rings. The van der Waals surface area contributed by atoms with Crippen LogP contribution < -0.4 is 5.73 Å². The lowest BCUT2D eigenvalue weighted by atomic mass is 9.97. The number of nitrogens with one attached hydrogen (secondary N) is 1. The van der Waals surface area contributed by atoms with Crippen molar-refractivity contribution in [1.29, 1.82) is 5.41 Å². The molecule has 0 spiro atoms. The van der Waals surface area contributed by atoms with E-state index in [0.29, 0.717) is 0 Å². The van der Waals surface area contributed by atoms with E-state index in [1.807, 2.05) is 30.3 Å². The number of hydrogen-bond acceptors (Lipinski definition) is 3. The van der Waals surface area contributed by atoms with Gasteiger partial charge in [-0.25, -0.2) is 0 Å². The third-order valence-corrected chi connectivity index (χ3v) is 3.51. The number of amidine groups is 1. The van der Waals surface area contributed by atoms with Gasteiger partial charge < -0.3 is 10.5 Å². The molecule has 4 nitrogen and oxygen atoms in total. The SMILES string of the molecule is C[C@@H]1CN(CC(C(=N)N)c2ccccc2)C[C@H](C)O1. The molecule has 1 unspecified atom stereocenters. The maximum Gasteiger partial charge on any atom is 0.0995 e. The van der Waals surface area contributed by atoms with Crippen molar-refractivity contribution < 1.29 is 4.74 Å². The quantitative estimate of drug-likeness (QED) is 0.642. The van der Waals surface area contributed by atoms with E-state index in [1.54, 1.807) is 0 Å². The molecule has 0 radical (unpaired) electrons. The lowest BCUT2D eigenvalue weighted by Gasteiger charge is -2.37. The molecule has 2 rings (SSSR count). The largest absolute Gasteiger partial charge is 0.387 e. The first-order valence-corrected chi connectivity index (χ1v) is 6.83. The highest BCUT2D eigenvalue weighted by Gasteiger charge is 2.26. The molecule has 1 aromatic rings. The molecule has 19 heavy (non-hydrogen) atoms. The molecule has 0 bridgehead atoms. The van der Waals surface area contributed by atoms with Crippen LogP contribution >= 0.6 is 0 Å². The first-order valence-electron chi connectivity index (χ1n) is 6.83. The first-order chi connectivity index (χ1) is 9.06. The number of nitrogens with zero attached hydrogens (tertiary/aromatic N) is 1. The van der Waals surface area contributed by atoms with Gasteiger partial charge in [-0.15, -0.1) is 0 Å². The van der Waals surface area contributed by atoms with Crippen LogP contribution in [0.4, 0.5) is 0 Å². The predicted octanol–water partition coefficient (Wildman–Crippen LogP) is 1.82. The van der Waals surface area contributed by atoms with Crippen LogP contribution in [0.15, 0.2) is 30.3 Å². The van der Waals surface area contributed by atoms with E-state index in [2.05, 4.69) is 18.7 Å². The molecule has 0 aliphatic carbocycles. The first kappa shape index (κ1) is 14.0. The molecule has 0 aromatic heterocycles. The van der Waals surface area contributed by atoms with Crippen molar-refractivity contribution in [1.82, 2.24) is 4.90 Å². The van der Waals surface area contributed by atoms with Gasteiger partial charge in [0, 0.05) is 19.6 Å². The fourth-order valence-corrected chi connectivity index (χ4v) is 2.76. The van der Waals surface area contributed by atoms with Crippen molar-refractivity contribution in [3.63, 3.8) is 0 Å². The van der Waals surface area contributed by atoms with Crippen molar-refractivity contribution in [2.24, 2.45) is 5.73 Å². The molecular weight excluding hydrogens is 238 g/mol. The van der Waals surface area contributed by atoms with E-state index in [4.69, 9.17) is 15.9 Å². The molecule has 1 aliphatic heterocycles. The molecule has 4 heteroatoms. The zero-order valence-electron chi connectivity index (χ0n) is 11.7. The van der Waals surface area contributed by atoms with E-state index in [9.17, 15) is 0 Å². The Morgan fingerprint density at radius 3 is 2.42 bits per heavy atom. The van der Waals surface area contributed by atoms with Gasteiger partial charge in [0.2, 0.25) is 0 Å². The van der Waals surface area contributed by atoms with Gasteiger partial charge in [0.1, 0.15) is 0 Å². The summed E-state index contributed by atoms with van der Waals surface area (Å²) in [7, 11) is 0. The fraction of sp³-hybridized carbons (Fsp3) is 0.533. The van der Waals surface area contributed by atoms with Crippen LogP contribution in [0.25, 0.3) is 0 Å². The highest BCUT2D eigenvalue weighted by atomic mass is 16.5. The van der Waals surface area contributed by atoms with Crippen molar-refractivity contribution >= 4 is 5.84 Å². The van der Waals surface area contributed by atoms with Crippen molar-refractivity contribution in [3.05, 3.63) is 35.9 Å². The number of rotatable bonds is 4. The van der Waals surface area contributed by atoms with Crippen LogP contribution in [0.3, 0.4) is 0 Å². The zero-order valence-corrected chi connectivity index (χ0v) is 11.7. The van der Waals surface area contributed by atoms with Crippen LogP contribution in [0.1, 0.15) is 25.3 Å². The summed E-state index contributed by atoms with van der Waals surface area (Å²) in [5.41, 5.74) is 6.89. The van der Waals surface area contributed by atoms with Crippen LogP contribution in [0.2, 0.25) is 0 Å². The number of nitrogens with two attached hydrogens (primary N) is 1. The Kier molecular flexibility index (Phi) is 4.56. The molecule has 0 amide bonds. The third kappa shape index (κ3) is 3.78. The minimum Gasteiger partial charge on any atom is -0.387 e. The summed E-state index contributed by atoms with van der Waals surface area (Å²) in [5.74, 6) is 0.205. The van der Waals surface area contributed by atoms with Crippen LogP contribution in [0, 0.1) is 5.41 Å². The van der Waals surface area contributed by atoms with Gasteiger partial charge in [0.25, 0.3) is 0 Å². The van der Waals surface area contributed by atoms with Crippen molar-refractivity contribution in [2.75, 3.05) is 19.6 Å². The Morgan fingerprint density at radius 1 is 1.32 bits per heavy atom. The average molecular weight is 261 g/mol. The van der Waals surface area contributed by atoms with Gasteiger partial charge in [-0.3, -0.25) is 10.3 Å². The second-order valence-corrected chi connectivity index (χ2v) is 5.39. The highest BCUT2D eigenvalue weighted by Crippen LogP contribution is 2.19. The Labute approximate surface area is 115 Å². The van der Waals surface area contributed by atoms with E-state index in [1.165, 1.54) is 0 Å². The van der Waals surface area contributed by atoms with Gasteiger partial charge in [0.05, 0.1) is 24.0 Å². The molecule has 1 fully saturated rings. The van der Waals surface area contributed by atoms with E-state index < -0.39 is 0 Å². The maximum absolute atomic E-state index is 7.83. The van der Waals surface area contributed by atoms with Crippen LogP contribution in [0.5, 0.6) is 0 Å². The number of benzene rings is 1. The molecule has 1 saturated heterocycles. The summed E-state index contributed by atoms with van der Waals surface area (Å²) >= 11 is 0. The summed E-state index contributed by atoms with van der Waals surface area (Å²) in [6, 6.07) is 10.1. The van der Waals surface area contributed by atoms with Crippen LogP contribution in [-0.4, -0.2) is 42.6 Å². The average Bonchev–Trinajstić information content (AvgIpc) is 2.35. The monoisotopic (exact) mass is 261 g/mol. The molecule has 3 atom stereocenters. The van der Waals surface area contributed by atoms with Gasteiger partial charge in [-0.05, 0) is 19.4 Å². The van der Waals surface area contributed by atoms with Gasteiger partial charge in [-0.2, -0.15) is 0 Å². The molecule has 1 heterocycles. The minimum atomic E-state index is -0.0290. The summed E-state index contributed by atoms with van der Waals surface area (Å²) in [6.07, 6.45) is 0.485. The zero-order chi connectivity index (χ0) is 13.8. The second-order valence-electron chi connectivity index (χ2n) is 5.39. The second kappa shape index (κ2) is 6.17. The number of hydrogen-bond donors (Lipinski definition) is 2. The highest BCUT2D eigenvalue weighted by molar-refractivity contribution is 5.84. The van der Waals surface area contributed by atoms with Crippen molar-refractivity contribution in [2.45, 2.75) is 32.0 Å². The number of morpholine rings is 1. The Balaban J connectivity index is 2.07. The van der Waals surface area contributed by atoms with E-state index in [0.717, 1.165) is 25.2 Å². The van der Waals surface area contributed by atoms with Crippen molar-refractivity contribution in [3.8, 4) is 0 Å². The lowest BCUT2D eigenvalue weighted by molar-refractivity contribution is -0.0681. The Bertz CT molecular complexity index is 411. The van der Waals surface area contributed by atoms with E-state index >= 15 is 0 Å². The van der Waals surface area contributed by atoms with E-state index in [-0.39, 0.29) is 24.0 Å². The smallest absolute Gasteiger partial charge is 0.0995 e. The normalized spacial score (nSPS) is 26.0. The Hall–Kier alpha value is -1.39. The predicted molar refractivity (Wildman–Crippen MR) is 77.5 cm³/mol. The Morgan fingerprint density at radius 2 is 1.89 bits per heavy atom.